The summed E-state index contributed by atoms with van der Waals surface area (Å²) < 4.78 is 0. The largest absolute Gasteiger partial charge is 0.392 e. The molecule has 2 fully saturated rings. The zero-order chi connectivity index (χ0) is 18.6. The molecule has 0 amide bonds. The topological polar surface area (TPSA) is 98.9 Å². The fraction of sp³-hybridized carbons (Fsp3) is 0.684. The van der Waals surface area contributed by atoms with E-state index < -0.39 is 10.5 Å². The molecule has 1 saturated carbocycles. The zero-order valence-corrected chi connectivity index (χ0v) is 15.2. The maximum atomic E-state index is 11.2. The Balaban J connectivity index is 1.56. The van der Waals surface area contributed by atoms with Crippen molar-refractivity contribution in [2.24, 2.45) is 0 Å². The molecule has 3 N–H and O–H groups in total. The molecule has 7 nitrogen and oxygen atoms in total. The number of aliphatic hydroxyl groups is 2. The van der Waals surface area contributed by atoms with E-state index in [0.29, 0.717) is 11.3 Å². The van der Waals surface area contributed by atoms with Gasteiger partial charge in [-0.25, -0.2) is 0 Å². The molecule has 26 heavy (non-hydrogen) atoms. The number of nitro groups is 1. The molecule has 144 valence electrons. The van der Waals surface area contributed by atoms with E-state index in [0.717, 1.165) is 58.2 Å². The highest BCUT2D eigenvalue weighted by Gasteiger charge is 2.33. The molecule has 0 unspecified atom stereocenters. The standard InChI is InChI=1S/C19H29N3O4/c23-13-15-4-5-18(22(25)26)17(12-15)20-16-6-10-21(11-7-16)14-19(24)8-2-1-3-9-19/h4-5,12,16,20,23-24H,1-3,6-11,13-14H2. The number of rotatable bonds is 6. The predicted octanol–water partition coefficient (Wildman–Crippen LogP) is 2.66. The van der Waals surface area contributed by atoms with Crippen molar-refractivity contribution in [3.8, 4) is 0 Å². The second-order valence-corrected chi connectivity index (χ2v) is 7.75. The third-order valence-corrected chi connectivity index (χ3v) is 5.69. The number of nitrogens with zero attached hydrogens (tertiary/aromatic N) is 2. The second-order valence-electron chi connectivity index (χ2n) is 7.75. The van der Waals surface area contributed by atoms with E-state index in [4.69, 9.17) is 0 Å². The molecule has 0 radical (unpaired) electrons. The number of β-amino-alcohol motifs (C(OH)–C–C–N with tert-alkyl or cyclic N) is 1. The van der Waals surface area contributed by atoms with E-state index >= 15 is 0 Å². The number of nitro benzene ring substituents is 1. The normalized spacial score (nSPS) is 21.5. The van der Waals surface area contributed by atoms with Gasteiger partial charge in [0.1, 0.15) is 5.69 Å². The summed E-state index contributed by atoms with van der Waals surface area (Å²) in [5.41, 5.74) is 0.648. The molecule has 0 atom stereocenters. The lowest BCUT2D eigenvalue weighted by atomic mass is 9.84. The minimum Gasteiger partial charge on any atom is -0.392 e. The summed E-state index contributed by atoms with van der Waals surface area (Å²) in [5.74, 6) is 0. The number of piperidine rings is 1. The Labute approximate surface area is 154 Å². The lowest BCUT2D eigenvalue weighted by Crippen LogP contribution is -2.48. The Morgan fingerprint density at radius 3 is 2.54 bits per heavy atom. The van der Waals surface area contributed by atoms with Crippen molar-refractivity contribution >= 4 is 11.4 Å². The first-order valence-electron chi connectivity index (χ1n) is 9.58. The molecule has 7 heteroatoms. The molecule has 1 heterocycles. The van der Waals surface area contributed by atoms with Gasteiger partial charge in [-0.05, 0) is 43.4 Å². The Bertz CT molecular complexity index is 623. The van der Waals surface area contributed by atoms with Crippen LogP contribution in [0.4, 0.5) is 11.4 Å². The maximum absolute atomic E-state index is 11.2. The fourth-order valence-electron chi connectivity index (χ4n) is 4.20. The Morgan fingerprint density at radius 1 is 1.23 bits per heavy atom. The van der Waals surface area contributed by atoms with Gasteiger partial charge in [-0.2, -0.15) is 0 Å². The van der Waals surface area contributed by atoms with Crippen molar-refractivity contribution in [3.63, 3.8) is 0 Å². The number of likely N-dealkylation sites (tertiary alicyclic amines) is 1. The van der Waals surface area contributed by atoms with Gasteiger partial charge < -0.3 is 20.4 Å². The van der Waals surface area contributed by atoms with Crippen LogP contribution in [0.5, 0.6) is 0 Å². The Morgan fingerprint density at radius 2 is 1.92 bits per heavy atom. The Kier molecular flexibility index (Phi) is 6.11. The van der Waals surface area contributed by atoms with Crippen LogP contribution in [-0.2, 0) is 6.61 Å². The molecule has 1 aliphatic heterocycles. The van der Waals surface area contributed by atoms with Gasteiger partial charge in [0.15, 0.2) is 0 Å². The summed E-state index contributed by atoms with van der Waals surface area (Å²) in [7, 11) is 0. The number of hydrogen-bond acceptors (Lipinski definition) is 6. The van der Waals surface area contributed by atoms with Gasteiger partial charge in [-0.15, -0.1) is 0 Å². The highest BCUT2D eigenvalue weighted by atomic mass is 16.6. The van der Waals surface area contributed by atoms with Crippen LogP contribution < -0.4 is 5.32 Å². The first-order valence-corrected chi connectivity index (χ1v) is 9.58. The van der Waals surface area contributed by atoms with Gasteiger partial charge >= 0.3 is 0 Å². The van der Waals surface area contributed by atoms with Crippen LogP contribution in [0.25, 0.3) is 0 Å². The number of benzene rings is 1. The van der Waals surface area contributed by atoms with Gasteiger partial charge in [0, 0.05) is 31.7 Å². The summed E-state index contributed by atoms with van der Waals surface area (Å²) in [6, 6.07) is 4.85. The van der Waals surface area contributed by atoms with Crippen LogP contribution >= 0.6 is 0 Å². The minimum absolute atomic E-state index is 0.0427. The van der Waals surface area contributed by atoms with Gasteiger partial charge in [-0.1, -0.05) is 19.3 Å². The Hall–Kier alpha value is -1.70. The molecule has 2 aliphatic rings. The summed E-state index contributed by atoms with van der Waals surface area (Å²) in [5, 5.41) is 34.5. The average Bonchev–Trinajstić information content (AvgIpc) is 2.63. The van der Waals surface area contributed by atoms with Gasteiger partial charge in [0.2, 0.25) is 0 Å². The van der Waals surface area contributed by atoms with Gasteiger partial charge in [0.05, 0.1) is 17.1 Å². The molecule has 0 aromatic heterocycles. The second kappa shape index (κ2) is 8.33. The van der Waals surface area contributed by atoms with Crippen LogP contribution in [0, 0.1) is 10.1 Å². The average molecular weight is 363 g/mol. The highest BCUT2D eigenvalue weighted by Crippen LogP contribution is 2.31. The number of anilines is 1. The van der Waals surface area contributed by atoms with E-state index in [1.807, 2.05) is 0 Å². The minimum atomic E-state index is -0.535. The van der Waals surface area contributed by atoms with E-state index in [-0.39, 0.29) is 18.3 Å². The smallest absolute Gasteiger partial charge is 0.292 e. The highest BCUT2D eigenvalue weighted by molar-refractivity contribution is 5.63. The predicted molar refractivity (Wildman–Crippen MR) is 100 cm³/mol. The van der Waals surface area contributed by atoms with Crippen molar-refractivity contribution < 1.29 is 15.1 Å². The van der Waals surface area contributed by atoms with Crippen molar-refractivity contribution in [2.45, 2.75) is 63.2 Å². The first-order chi connectivity index (χ1) is 12.5. The first kappa shape index (κ1) is 19.1. The van der Waals surface area contributed by atoms with Crippen LogP contribution in [0.15, 0.2) is 18.2 Å². The van der Waals surface area contributed by atoms with E-state index in [9.17, 15) is 20.3 Å². The zero-order valence-electron chi connectivity index (χ0n) is 15.2. The van der Waals surface area contributed by atoms with Crippen LogP contribution in [-0.4, -0.2) is 51.3 Å². The molecule has 0 bridgehead atoms. The lowest BCUT2D eigenvalue weighted by molar-refractivity contribution is -0.384. The monoisotopic (exact) mass is 363 g/mol. The number of hydrogen-bond donors (Lipinski definition) is 3. The molecular formula is C19H29N3O4. The summed E-state index contributed by atoms with van der Waals surface area (Å²) >= 11 is 0. The van der Waals surface area contributed by atoms with E-state index in [2.05, 4.69) is 10.2 Å². The quantitative estimate of drug-likeness (QED) is 0.531. The third-order valence-electron chi connectivity index (χ3n) is 5.69. The molecule has 1 aliphatic carbocycles. The van der Waals surface area contributed by atoms with Gasteiger partial charge in [-0.3, -0.25) is 10.1 Å². The molecule has 0 spiro atoms. The molecule has 1 aromatic rings. The summed E-state index contributed by atoms with van der Waals surface area (Å²) in [6.45, 7) is 2.37. The van der Waals surface area contributed by atoms with Crippen molar-refractivity contribution in [1.82, 2.24) is 4.90 Å². The summed E-state index contributed by atoms with van der Waals surface area (Å²) in [6.07, 6.45) is 7.00. The molecular weight excluding hydrogens is 334 g/mol. The molecule has 1 aromatic carbocycles. The SMILES string of the molecule is O=[N+]([O-])c1ccc(CO)cc1NC1CCN(CC2(O)CCCCC2)CC1. The van der Waals surface area contributed by atoms with Crippen LogP contribution in [0.3, 0.4) is 0 Å². The van der Waals surface area contributed by atoms with Crippen LogP contribution in [0.1, 0.15) is 50.5 Å². The van der Waals surface area contributed by atoms with Crippen LogP contribution in [0.2, 0.25) is 0 Å². The maximum Gasteiger partial charge on any atom is 0.292 e. The van der Waals surface area contributed by atoms with Crippen molar-refractivity contribution in [1.29, 1.82) is 0 Å². The van der Waals surface area contributed by atoms with Crippen molar-refractivity contribution in [3.05, 3.63) is 33.9 Å². The summed E-state index contributed by atoms with van der Waals surface area (Å²) in [4.78, 5) is 13.2. The number of nitrogens with one attached hydrogen (secondary N) is 1. The number of aliphatic hydroxyl groups excluding tert-OH is 1. The molecule has 3 rings (SSSR count). The van der Waals surface area contributed by atoms with Crippen molar-refractivity contribution in [2.75, 3.05) is 25.0 Å². The fourth-order valence-corrected chi connectivity index (χ4v) is 4.20. The third kappa shape index (κ3) is 4.72. The molecule has 1 saturated heterocycles. The van der Waals surface area contributed by atoms with Gasteiger partial charge in [0.25, 0.3) is 5.69 Å². The van der Waals surface area contributed by atoms with E-state index in [1.54, 1.807) is 12.1 Å². The van der Waals surface area contributed by atoms with E-state index in [1.165, 1.54) is 12.5 Å². The lowest BCUT2D eigenvalue weighted by Gasteiger charge is -2.40.